The summed E-state index contributed by atoms with van der Waals surface area (Å²) in [6, 6.07) is -2.07. The van der Waals surface area contributed by atoms with Crippen LogP contribution in [-0.2, 0) is 4.79 Å². The molecule has 1 aliphatic carbocycles. The lowest BCUT2D eigenvalue weighted by Gasteiger charge is -2.35. The second kappa shape index (κ2) is 9.96. The van der Waals surface area contributed by atoms with E-state index in [4.69, 9.17) is 0 Å². The number of nitrogens with zero attached hydrogens (tertiary/aromatic N) is 1. The van der Waals surface area contributed by atoms with Gasteiger partial charge in [0.25, 0.3) is 0 Å². The number of piperazine rings is 1. The maximum absolute atomic E-state index is 13.2. The van der Waals surface area contributed by atoms with Gasteiger partial charge in [0.2, 0.25) is 5.91 Å². The van der Waals surface area contributed by atoms with Crippen LogP contribution in [0.25, 0.3) is 0 Å². The molecular weight excluding hydrogens is 351 g/mol. The first-order chi connectivity index (χ1) is 12.4. The molecule has 3 amide bonds. The second-order valence-corrected chi connectivity index (χ2v) is 6.81. The first kappa shape index (κ1) is 20.8. The predicted octanol–water partition coefficient (Wildman–Crippen LogP) is 0.571. The van der Waals surface area contributed by atoms with E-state index in [1.165, 1.54) is 4.90 Å². The number of carbonyl (C=O) groups excluding carboxylic acids is 2. The fraction of sp³-hybridized carbons (Fsp3) is 0.875. The standard InChI is InChI=1S/C16H28F3N5O2/c17-16(18,19)13(24-8-6-20-7-9-24)10-21-14(25)11-22-15(26)23-12-4-2-1-3-5-12/h12-13,20H,1-11H2,(H,21,25)(H2,22,23,26). The topological polar surface area (TPSA) is 85.5 Å². The maximum Gasteiger partial charge on any atom is 0.405 e. The molecule has 0 aromatic rings. The van der Waals surface area contributed by atoms with Crippen LogP contribution in [-0.4, -0.2) is 74.4 Å². The number of hydrogen-bond acceptors (Lipinski definition) is 4. The summed E-state index contributed by atoms with van der Waals surface area (Å²) in [6.45, 7) is 0.677. The van der Waals surface area contributed by atoms with Crippen molar-refractivity contribution in [1.82, 2.24) is 26.2 Å². The zero-order valence-electron chi connectivity index (χ0n) is 14.8. The van der Waals surface area contributed by atoms with Gasteiger partial charge in [-0.15, -0.1) is 0 Å². The van der Waals surface area contributed by atoms with Crippen molar-refractivity contribution in [3.8, 4) is 0 Å². The monoisotopic (exact) mass is 379 g/mol. The summed E-state index contributed by atoms with van der Waals surface area (Å²) in [5, 5.41) is 10.5. The van der Waals surface area contributed by atoms with Gasteiger partial charge in [0, 0.05) is 38.8 Å². The van der Waals surface area contributed by atoms with Gasteiger partial charge < -0.3 is 21.3 Å². The molecule has 2 rings (SSSR count). The van der Waals surface area contributed by atoms with Crippen molar-refractivity contribution in [1.29, 1.82) is 0 Å². The van der Waals surface area contributed by atoms with Gasteiger partial charge in [-0.3, -0.25) is 9.69 Å². The summed E-state index contributed by atoms with van der Waals surface area (Å²) in [5.41, 5.74) is 0. The van der Waals surface area contributed by atoms with Crippen LogP contribution in [0.15, 0.2) is 0 Å². The first-order valence-electron chi connectivity index (χ1n) is 9.19. The van der Waals surface area contributed by atoms with Crippen LogP contribution >= 0.6 is 0 Å². The fourth-order valence-corrected chi connectivity index (χ4v) is 3.36. The van der Waals surface area contributed by atoms with E-state index in [0.717, 1.165) is 32.1 Å². The van der Waals surface area contributed by atoms with Crippen molar-refractivity contribution >= 4 is 11.9 Å². The molecule has 1 saturated carbocycles. The molecule has 1 aliphatic heterocycles. The summed E-state index contributed by atoms with van der Waals surface area (Å²) < 4.78 is 39.7. The van der Waals surface area contributed by atoms with Gasteiger partial charge in [-0.2, -0.15) is 13.2 Å². The van der Waals surface area contributed by atoms with E-state index in [1.807, 2.05) is 0 Å². The van der Waals surface area contributed by atoms with Gasteiger partial charge >= 0.3 is 12.2 Å². The quantitative estimate of drug-likeness (QED) is 0.544. The number of urea groups is 1. The molecule has 1 atom stereocenters. The minimum atomic E-state index is -4.42. The number of alkyl halides is 3. The lowest BCUT2D eigenvalue weighted by atomic mass is 9.96. The summed E-state index contributed by atoms with van der Waals surface area (Å²) in [7, 11) is 0. The van der Waals surface area contributed by atoms with Crippen LogP contribution in [0.3, 0.4) is 0 Å². The molecule has 1 unspecified atom stereocenters. The highest BCUT2D eigenvalue weighted by Gasteiger charge is 2.43. The van der Waals surface area contributed by atoms with Crippen LogP contribution in [0.5, 0.6) is 0 Å². The lowest BCUT2D eigenvalue weighted by molar-refractivity contribution is -0.184. The third kappa shape index (κ3) is 6.99. The Hall–Kier alpha value is -1.55. The second-order valence-electron chi connectivity index (χ2n) is 6.81. The lowest BCUT2D eigenvalue weighted by Crippen LogP contribution is -2.58. The number of halogens is 3. The number of nitrogens with one attached hydrogen (secondary N) is 4. The molecule has 10 heteroatoms. The Morgan fingerprint density at radius 3 is 2.35 bits per heavy atom. The van der Waals surface area contributed by atoms with E-state index < -0.39 is 30.7 Å². The number of rotatable bonds is 6. The summed E-state index contributed by atoms with van der Waals surface area (Å²) >= 11 is 0. The van der Waals surface area contributed by atoms with Crippen molar-refractivity contribution in [2.75, 3.05) is 39.3 Å². The molecule has 7 nitrogen and oxygen atoms in total. The van der Waals surface area contributed by atoms with Crippen LogP contribution in [0.1, 0.15) is 32.1 Å². The SMILES string of the molecule is O=C(CNC(=O)NC1CCCCC1)NCC(N1CCNCC1)C(F)(F)F. The largest absolute Gasteiger partial charge is 0.405 e. The van der Waals surface area contributed by atoms with Gasteiger partial charge in [0.15, 0.2) is 0 Å². The van der Waals surface area contributed by atoms with Gasteiger partial charge in [-0.05, 0) is 12.8 Å². The molecule has 26 heavy (non-hydrogen) atoms. The third-order valence-electron chi connectivity index (χ3n) is 4.81. The Labute approximate surface area is 151 Å². The van der Waals surface area contributed by atoms with Crippen LogP contribution < -0.4 is 21.3 Å². The Morgan fingerprint density at radius 2 is 1.73 bits per heavy atom. The Balaban J connectivity index is 1.70. The maximum atomic E-state index is 13.2. The molecule has 0 bridgehead atoms. The normalized spacial score (nSPS) is 21.0. The molecule has 4 N–H and O–H groups in total. The summed E-state index contributed by atoms with van der Waals surface area (Å²) in [6.07, 6.45) is 0.702. The molecule has 2 aliphatic rings. The Kier molecular flexibility index (Phi) is 7.95. The summed E-state index contributed by atoms with van der Waals surface area (Å²) in [5.74, 6) is -0.631. The zero-order chi connectivity index (χ0) is 19.0. The van der Waals surface area contributed by atoms with E-state index in [1.54, 1.807) is 0 Å². The van der Waals surface area contributed by atoms with Crippen molar-refractivity contribution < 1.29 is 22.8 Å². The minimum absolute atomic E-state index is 0.106. The van der Waals surface area contributed by atoms with Crippen molar-refractivity contribution in [2.45, 2.75) is 50.4 Å². The minimum Gasteiger partial charge on any atom is -0.353 e. The molecule has 0 aromatic carbocycles. The van der Waals surface area contributed by atoms with E-state index in [0.29, 0.717) is 13.1 Å². The molecule has 0 aromatic heterocycles. The number of hydrogen-bond donors (Lipinski definition) is 4. The Morgan fingerprint density at radius 1 is 1.08 bits per heavy atom. The van der Waals surface area contributed by atoms with E-state index in [-0.39, 0.29) is 25.7 Å². The average molecular weight is 379 g/mol. The highest BCUT2D eigenvalue weighted by atomic mass is 19.4. The highest BCUT2D eigenvalue weighted by molar-refractivity contribution is 5.84. The molecule has 0 radical (unpaired) electrons. The summed E-state index contributed by atoms with van der Waals surface area (Å²) in [4.78, 5) is 24.9. The van der Waals surface area contributed by atoms with E-state index >= 15 is 0 Å². The van der Waals surface area contributed by atoms with Crippen LogP contribution in [0.2, 0.25) is 0 Å². The number of carbonyl (C=O) groups is 2. The van der Waals surface area contributed by atoms with Crippen LogP contribution in [0.4, 0.5) is 18.0 Å². The van der Waals surface area contributed by atoms with Gasteiger partial charge in [-0.25, -0.2) is 4.79 Å². The molecular formula is C16H28F3N5O2. The van der Waals surface area contributed by atoms with Crippen LogP contribution in [0, 0.1) is 0 Å². The molecule has 1 saturated heterocycles. The molecule has 150 valence electrons. The molecule has 0 spiro atoms. The fourth-order valence-electron chi connectivity index (χ4n) is 3.36. The van der Waals surface area contributed by atoms with Crippen molar-refractivity contribution in [3.63, 3.8) is 0 Å². The van der Waals surface area contributed by atoms with Crippen molar-refractivity contribution in [2.24, 2.45) is 0 Å². The average Bonchev–Trinajstić information content (AvgIpc) is 2.61. The molecule has 1 heterocycles. The smallest absolute Gasteiger partial charge is 0.353 e. The van der Waals surface area contributed by atoms with E-state index in [2.05, 4.69) is 21.3 Å². The first-order valence-corrected chi connectivity index (χ1v) is 9.19. The Bertz CT molecular complexity index is 463. The van der Waals surface area contributed by atoms with Gasteiger partial charge in [0.1, 0.15) is 6.04 Å². The predicted molar refractivity (Wildman–Crippen MR) is 90.7 cm³/mol. The van der Waals surface area contributed by atoms with Gasteiger partial charge in [-0.1, -0.05) is 19.3 Å². The number of amides is 3. The third-order valence-corrected chi connectivity index (χ3v) is 4.81. The zero-order valence-corrected chi connectivity index (χ0v) is 14.8. The van der Waals surface area contributed by atoms with E-state index in [9.17, 15) is 22.8 Å². The van der Waals surface area contributed by atoms with Gasteiger partial charge in [0.05, 0.1) is 6.54 Å². The highest BCUT2D eigenvalue weighted by Crippen LogP contribution is 2.24. The van der Waals surface area contributed by atoms with Crippen molar-refractivity contribution in [3.05, 3.63) is 0 Å². The molecule has 2 fully saturated rings.